The van der Waals surface area contributed by atoms with Crippen molar-refractivity contribution in [3.8, 4) is 11.5 Å². The van der Waals surface area contributed by atoms with Crippen molar-refractivity contribution in [1.82, 2.24) is 0 Å². The number of hydrogen-bond acceptors (Lipinski definition) is 5. The van der Waals surface area contributed by atoms with Crippen LogP contribution in [0.15, 0.2) is 48.5 Å². The largest absolute Gasteiger partial charge is 0.491 e. The lowest BCUT2D eigenvalue weighted by Crippen LogP contribution is -2.65. The van der Waals surface area contributed by atoms with Gasteiger partial charge in [-0.05, 0) is 63.3 Å². The maximum atomic E-state index is 7.02. The van der Waals surface area contributed by atoms with Crippen molar-refractivity contribution in [1.29, 1.82) is 0 Å². The van der Waals surface area contributed by atoms with E-state index in [-0.39, 0.29) is 11.5 Å². The van der Waals surface area contributed by atoms with Crippen LogP contribution in [0.2, 0.25) is 26.2 Å². The van der Waals surface area contributed by atoms with E-state index in [0.717, 1.165) is 37.2 Å². The molecule has 2 rings (SSSR count). The summed E-state index contributed by atoms with van der Waals surface area (Å²) in [4.78, 5) is 0. The van der Waals surface area contributed by atoms with Crippen LogP contribution in [0.25, 0.3) is 0 Å². The Bertz CT molecular complexity index is 769. The molecule has 2 aromatic rings. The number of hydrogen-bond donors (Lipinski definition) is 2. The summed E-state index contributed by atoms with van der Waals surface area (Å²) in [5.74, 6) is 1.58. The van der Waals surface area contributed by atoms with E-state index in [4.69, 9.17) is 25.1 Å². The van der Waals surface area contributed by atoms with Crippen molar-refractivity contribution in [3.05, 3.63) is 48.5 Å². The van der Waals surface area contributed by atoms with E-state index in [2.05, 4.69) is 40.0 Å². The highest BCUT2D eigenvalue weighted by molar-refractivity contribution is 6.86. The third kappa shape index (κ3) is 7.59. The minimum atomic E-state index is -2.55. The first-order chi connectivity index (χ1) is 14.6. The smallest absolute Gasteiger partial charge is 0.262 e. The summed E-state index contributed by atoms with van der Waals surface area (Å²) >= 11 is 0. The SMILES string of the molecule is CCCC(Oc1cccc(N)c1)[Si](C)(O[Si](C)(C)C)C(CCC)Oc1cccc(N)c1. The molecule has 4 N–H and O–H groups in total. The van der Waals surface area contributed by atoms with Crippen molar-refractivity contribution in [2.45, 2.75) is 77.2 Å². The van der Waals surface area contributed by atoms with Gasteiger partial charge in [-0.2, -0.15) is 0 Å². The van der Waals surface area contributed by atoms with Crippen LogP contribution in [0.4, 0.5) is 11.4 Å². The van der Waals surface area contributed by atoms with Crippen LogP contribution in [0, 0.1) is 0 Å². The minimum absolute atomic E-state index is 0.0522. The van der Waals surface area contributed by atoms with E-state index in [0.29, 0.717) is 11.4 Å². The number of rotatable bonds is 12. The maximum Gasteiger partial charge on any atom is 0.262 e. The Hall–Kier alpha value is -1.97. The molecule has 0 heterocycles. The Balaban J connectivity index is 2.47. The Labute approximate surface area is 190 Å². The first-order valence-electron chi connectivity index (χ1n) is 11.3. The molecule has 0 amide bonds. The van der Waals surface area contributed by atoms with Crippen LogP contribution in [0.5, 0.6) is 11.5 Å². The molecule has 0 aliphatic heterocycles. The number of nitrogen functional groups attached to an aromatic ring is 2. The summed E-state index contributed by atoms with van der Waals surface area (Å²) in [7, 11) is -4.43. The van der Waals surface area contributed by atoms with E-state index >= 15 is 0 Å². The van der Waals surface area contributed by atoms with Crippen molar-refractivity contribution < 1.29 is 13.6 Å². The van der Waals surface area contributed by atoms with E-state index in [1.165, 1.54) is 0 Å². The van der Waals surface area contributed by atoms with Gasteiger partial charge in [0.25, 0.3) is 8.32 Å². The average molecular weight is 461 g/mol. The standard InChI is InChI=1S/C24H40N2O3Si2/c1-7-11-23(27-21-15-9-13-19(25)17-21)31(6,29-30(3,4)5)24(12-8-2)28-22-16-10-14-20(26)18-22/h9-10,13-18,23-24H,7-8,11-12,25-26H2,1-6H3. The zero-order valence-corrected chi connectivity index (χ0v) is 22.0. The van der Waals surface area contributed by atoms with Crippen LogP contribution >= 0.6 is 0 Å². The van der Waals surface area contributed by atoms with Gasteiger partial charge in [-0.25, -0.2) is 0 Å². The molecule has 0 radical (unpaired) electrons. The second-order valence-corrected chi connectivity index (χ2v) is 18.0. The summed E-state index contributed by atoms with van der Waals surface area (Å²) in [5, 5.41) is 0. The molecule has 2 atom stereocenters. The quantitative estimate of drug-likeness (QED) is 0.293. The van der Waals surface area contributed by atoms with Gasteiger partial charge in [0.1, 0.15) is 23.0 Å². The van der Waals surface area contributed by atoms with Gasteiger partial charge in [-0.3, -0.25) is 0 Å². The second-order valence-electron chi connectivity index (χ2n) is 9.33. The predicted molar refractivity (Wildman–Crippen MR) is 136 cm³/mol. The molecule has 0 spiro atoms. The molecule has 0 bridgehead atoms. The Morgan fingerprint density at radius 3 is 1.48 bits per heavy atom. The van der Waals surface area contributed by atoms with Crippen LogP contribution < -0.4 is 20.9 Å². The molecule has 0 aliphatic rings. The molecule has 0 aliphatic carbocycles. The zero-order valence-electron chi connectivity index (χ0n) is 20.0. The van der Waals surface area contributed by atoms with Crippen LogP contribution in [-0.2, 0) is 4.12 Å². The van der Waals surface area contributed by atoms with Crippen LogP contribution in [0.1, 0.15) is 39.5 Å². The van der Waals surface area contributed by atoms with Gasteiger partial charge < -0.3 is 25.1 Å². The number of anilines is 2. The van der Waals surface area contributed by atoms with Gasteiger partial charge in [0.05, 0.1) is 0 Å². The van der Waals surface area contributed by atoms with Gasteiger partial charge in [-0.1, -0.05) is 38.8 Å². The van der Waals surface area contributed by atoms with Crippen LogP contribution in [-0.4, -0.2) is 28.1 Å². The van der Waals surface area contributed by atoms with Gasteiger partial charge in [-0.15, -0.1) is 0 Å². The third-order valence-electron chi connectivity index (χ3n) is 5.18. The highest BCUT2D eigenvalue weighted by Crippen LogP contribution is 2.33. The van der Waals surface area contributed by atoms with Gasteiger partial charge in [0.15, 0.2) is 8.32 Å². The first-order valence-corrected chi connectivity index (χ1v) is 17.3. The lowest BCUT2D eigenvalue weighted by molar-refractivity contribution is 0.182. The number of ether oxygens (including phenoxy) is 2. The summed E-state index contributed by atoms with van der Waals surface area (Å²) < 4.78 is 20.2. The predicted octanol–water partition coefficient (Wildman–Crippen LogP) is 6.15. The normalized spacial score (nSPS) is 15.7. The summed E-state index contributed by atoms with van der Waals surface area (Å²) in [6, 6.07) is 15.3. The topological polar surface area (TPSA) is 79.7 Å². The molecule has 172 valence electrons. The average Bonchev–Trinajstić information content (AvgIpc) is 2.66. The number of benzene rings is 2. The molecule has 2 aromatic carbocycles. The highest BCUT2D eigenvalue weighted by atomic mass is 28.4. The van der Waals surface area contributed by atoms with E-state index in [1.807, 2.05) is 48.5 Å². The van der Waals surface area contributed by atoms with Crippen molar-refractivity contribution >= 4 is 28.0 Å². The Morgan fingerprint density at radius 1 is 0.742 bits per heavy atom. The fourth-order valence-electron chi connectivity index (χ4n) is 3.95. The molecule has 0 fully saturated rings. The first kappa shape index (κ1) is 25.3. The maximum absolute atomic E-state index is 7.02. The van der Waals surface area contributed by atoms with Crippen molar-refractivity contribution in [3.63, 3.8) is 0 Å². The molecule has 0 saturated heterocycles. The Morgan fingerprint density at radius 2 is 1.16 bits per heavy atom. The number of nitrogens with two attached hydrogens (primary N) is 2. The Kier molecular flexibility index (Phi) is 9.03. The second kappa shape index (κ2) is 11.1. The molecular weight excluding hydrogens is 420 g/mol. The van der Waals surface area contributed by atoms with Gasteiger partial charge in [0.2, 0.25) is 0 Å². The monoisotopic (exact) mass is 460 g/mol. The lowest BCUT2D eigenvalue weighted by atomic mass is 10.3. The third-order valence-corrected chi connectivity index (χ3v) is 12.8. The molecule has 0 aromatic heterocycles. The lowest BCUT2D eigenvalue weighted by Gasteiger charge is -2.44. The minimum Gasteiger partial charge on any atom is -0.491 e. The van der Waals surface area contributed by atoms with E-state index in [9.17, 15) is 0 Å². The molecule has 5 nitrogen and oxygen atoms in total. The highest BCUT2D eigenvalue weighted by Gasteiger charge is 2.51. The molecule has 31 heavy (non-hydrogen) atoms. The van der Waals surface area contributed by atoms with Crippen LogP contribution in [0.3, 0.4) is 0 Å². The van der Waals surface area contributed by atoms with Gasteiger partial charge >= 0.3 is 0 Å². The van der Waals surface area contributed by atoms with Gasteiger partial charge in [0, 0.05) is 23.5 Å². The van der Waals surface area contributed by atoms with Crippen molar-refractivity contribution in [2.75, 3.05) is 11.5 Å². The molecule has 0 saturated carbocycles. The molecule has 7 heteroatoms. The molecule has 2 unspecified atom stereocenters. The van der Waals surface area contributed by atoms with Crippen molar-refractivity contribution in [2.24, 2.45) is 0 Å². The summed E-state index contributed by atoms with van der Waals surface area (Å²) in [6.07, 6.45) is 3.81. The fraction of sp³-hybridized carbons (Fsp3) is 0.500. The summed E-state index contributed by atoms with van der Waals surface area (Å²) in [6.45, 7) is 13.4. The molecular formula is C24H40N2O3Si2. The zero-order chi connectivity index (χ0) is 23.1. The van der Waals surface area contributed by atoms with E-state index < -0.39 is 16.6 Å². The summed E-state index contributed by atoms with van der Waals surface area (Å²) in [5.41, 5.74) is 13.3. The fourth-order valence-corrected chi connectivity index (χ4v) is 13.2. The van der Waals surface area contributed by atoms with E-state index in [1.54, 1.807) is 0 Å².